The summed E-state index contributed by atoms with van der Waals surface area (Å²) in [5.74, 6) is -1.99. The lowest BCUT2D eigenvalue weighted by molar-refractivity contribution is 0.0689. The summed E-state index contributed by atoms with van der Waals surface area (Å²) in [6, 6.07) is 10.9. The number of ether oxygens (including phenoxy) is 2. The molecule has 0 spiro atoms. The van der Waals surface area contributed by atoms with Gasteiger partial charge in [0.1, 0.15) is 30.3 Å². The number of carbonyl (C=O) groups is 1. The van der Waals surface area contributed by atoms with Crippen LogP contribution in [0.1, 0.15) is 28.2 Å². The molecule has 4 aromatic rings. The lowest BCUT2D eigenvalue weighted by Crippen LogP contribution is -2.14. The highest BCUT2D eigenvalue weighted by molar-refractivity contribution is 5.90. The molecule has 4 rings (SSSR count). The number of carboxylic acids is 1. The third-order valence-corrected chi connectivity index (χ3v) is 5.06. The number of nitrogen functional groups attached to an aromatic ring is 1. The second-order valence-corrected chi connectivity index (χ2v) is 7.70. The second kappa shape index (κ2) is 10.9. The molecule has 9 nitrogen and oxygen atoms in total. The first-order chi connectivity index (χ1) is 17.7. The van der Waals surface area contributed by atoms with Crippen LogP contribution in [0.3, 0.4) is 0 Å². The molecule has 0 radical (unpaired) electrons. The molecule has 0 aliphatic carbocycles. The largest absolute Gasteiger partial charge is 0.477 e. The molecule has 0 amide bonds. The summed E-state index contributed by atoms with van der Waals surface area (Å²) >= 11 is 0. The molecule has 0 saturated heterocycles. The smallest absolute Gasteiger partial charge is 0.341 e. The molecule has 12 heteroatoms. The first-order valence-electron chi connectivity index (χ1n) is 10.9. The highest BCUT2D eigenvalue weighted by Gasteiger charge is 2.22. The molecule has 0 bridgehead atoms. The Balaban J connectivity index is 1.72. The standard InChI is InChI=1S/C25H20F3N5O4/c1-13-11-15(12-18(31-13)21(27)28)19-20(14-4-6-16(26)7-5-14)32-25(29)33-23(19)37-10-9-36-22-17(24(34)35)3-2-8-30-22/h2-8,11-12,21H,9-10H2,1H3,(H,34,35)(H2,29,32,33). The summed E-state index contributed by atoms with van der Waals surface area (Å²) in [5.41, 5.74) is 6.85. The predicted octanol–water partition coefficient (Wildman–Crippen LogP) is 4.72. The molecule has 37 heavy (non-hydrogen) atoms. The zero-order valence-electron chi connectivity index (χ0n) is 19.4. The minimum absolute atomic E-state index is 0.0410. The van der Waals surface area contributed by atoms with Crippen LogP contribution in [0.15, 0.2) is 54.7 Å². The average molecular weight is 511 g/mol. The van der Waals surface area contributed by atoms with Crippen LogP contribution >= 0.6 is 0 Å². The van der Waals surface area contributed by atoms with Crippen molar-refractivity contribution in [3.8, 4) is 34.1 Å². The Bertz CT molecular complexity index is 1430. The van der Waals surface area contributed by atoms with Crippen molar-refractivity contribution in [2.24, 2.45) is 0 Å². The molecule has 0 aliphatic heterocycles. The summed E-state index contributed by atoms with van der Waals surface area (Å²) in [6.45, 7) is 1.31. The third kappa shape index (κ3) is 5.92. The van der Waals surface area contributed by atoms with Gasteiger partial charge in [-0.05, 0) is 61.0 Å². The minimum atomic E-state index is -2.83. The summed E-state index contributed by atoms with van der Waals surface area (Å²) < 4.78 is 51.9. The lowest BCUT2D eigenvalue weighted by Gasteiger charge is -2.17. The molecular weight excluding hydrogens is 491 g/mol. The number of halogens is 3. The van der Waals surface area contributed by atoms with Gasteiger partial charge in [0.2, 0.25) is 17.7 Å². The zero-order valence-corrected chi connectivity index (χ0v) is 19.4. The predicted molar refractivity (Wildman–Crippen MR) is 127 cm³/mol. The number of rotatable bonds is 9. The molecule has 0 saturated carbocycles. The normalized spacial score (nSPS) is 10.9. The van der Waals surface area contributed by atoms with E-state index < -0.39 is 23.9 Å². The number of benzene rings is 1. The Hall–Kier alpha value is -4.74. The number of nitrogens with two attached hydrogens (primary N) is 1. The Kier molecular flexibility index (Phi) is 7.47. The first kappa shape index (κ1) is 25.4. The SMILES string of the molecule is Cc1cc(-c2c(OCCOc3ncccc3C(=O)O)nc(N)nc2-c2ccc(F)cc2)cc(C(F)F)n1. The summed E-state index contributed by atoms with van der Waals surface area (Å²) in [7, 11) is 0. The zero-order chi connectivity index (χ0) is 26.5. The van der Waals surface area contributed by atoms with Gasteiger partial charge >= 0.3 is 5.97 Å². The van der Waals surface area contributed by atoms with E-state index in [0.717, 1.165) is 0 Å². The number of pyridine rings is 2. The van der Waals surface area contributed by atoms with Crippen LogP contribution in [-0.2, 0) is 0 Å². The van der Waals surface area contributed by atoms with Crippen molar-refractivity contribution in [2.75, 3.05) is 18.9 Å². The number of aromatic nitrogens is 4. The fourth-order valence-electron chi connectivity index (χ4n) is 3.53. The maximum Gasteiger partial charge on any atom is 0.341 e. The molecular formula is C25H20F3N5O4. The average Bonchev–Trinajstić information content (AvgIpc) is 2.86. The van der Waals surface area contributed by atoms with Crippen LogP contribution in [0.2, 0.25) is 0 Å². The van der Waals surface area contributed by atoms with Gasteiger partial charge in [-0.1, -0.05) is 0 Å². The van der Waals surface area contributed by atoms with Crippen LogP contribution < -0.4 is 15.2 Å². The molecule has 0 fully saturated rings. The number of alkyl halides is 2. The number of aryl methyl sites for hydroxylation is 1. The number of carboxylic acid groups (broad SMARTS) is 1. The Morgan fingerprint density at radius 1 is 1.00 bits per heavy atom. The third-order valence-electron chi connectivity index (χ3n) is 5.06. The number of hydrogen-bond donors (Lipinski definition) is 2. The van der Waals surface area contributed by atoms with Crippen molar-refractivity contribution in [1.82, 2.24) is 19.9 Å². The monoisotopic (exact) mass is 511 g/mol. The van der Waals surface area contributed by atoms with Crippen LogP contribution in [0.25, 0.3) is 22.4 Å². The van der Waals surface area contributed by atoms with Gasteiger partial charge in [0, 0.05) is 17.5 Å². The molecule has 3 heterocycles. The molecule has 3 aromatic heterocycles. The minimum Gasteiger partial charge on any atom is -0.477 e. The second-order valence-electron chi connectivity index (χ2n) is 7.70. The Morgan fingerprint density at radius 3 is 2.38 bits per heavy atom. The van der Waals surface area contributed by atoms with Gasteiger partial charge in [-0.2, -0.15) is 4.98 Å². The molecule has 0 unspecified atom stereocenters. The van der Waals surface area contributed by atoms with Crippen molar-refractivity contribution >= 4 is 11.9 Å². The molecule has 0 aliphatic rings. The highest BCUT2D eigenvalue weighted by Crippen LogP contribution is 2.39. The van der Waals surface area contributed by atoms with E-state index in [-0.39, 0.29) is 53.3 Å². The van der Waals surface area contributed by atoms with Crippen LogP contribution in [-0.4, -0.2) is 44.2 Å². The summed E-state index contributed by atoms with van der Waals surface area (Å²) in [4.78, 5) is 27.5. The van der Waals surface area contributed by atoms with Gasteiger partial charge in [-0.15, -0.1) is 0 Å². The number of aromatic carboxylic acids is 1. The van der Waals surface area contributed by atoms with E-state index in [0.29, 0.717) is 11.3 Å². The Labute approximate surface area is 208 Å². The van der Waals surface area contributed by atoms with Gasteiger partial charge < -0.3 is 20.3 Å². The summed E-state index contributed by atoms with van der Waals surface area (Å²) in [6.07, 6.45) is -1.45. The van der Waals surface area contributed by atoms with E-state index in [1.165, 1.54) is 48.7 Å². The number of nitrogens with zero attached hydrogens (tertiary/aromatic N) is 4. The van der Waals surface area contributed by atoms with Crippen molar-refractivity contribution in [2.45, 2.75) is 13.3 Å². The van der Waals surface area contributed by atoms with Crippen molar-refractivity contribution < 1.29 is 32.5 Å². The van der Waals surface area contributed by atoms with E-state index >= 15 is 0 Å². The van der Waals surface area contributed by atoms with Crippen molar-refractivity contribution in [1.29, 1.82) is 0 Å². The van der Waals surface area contributed by atoms with E-state index in [4.69, 9.17) is 15.2 Å². The number of anilines is 1. The van der Waals surface area contributed by atoms with Gasteiger partial charge in [-0.3, -0.25) is 4.98 Å². The van der Waals surface area contributed by atoms with E-state index in [1.807, 2.05) is 0 Å². The highest BCUT2D eigenvalue weighted by atomic mass is 19.3. The fourth-order valence-corrected chi connectivity index (χ4v) is 3.53. The van der Waals surface area contributed by atoms with E-state index in [9.17, 15) is 23.1 Å². The fraction of sp³-hybridized carbons (Fsp3) is 0.160. The van der Waals surface area contributed by atoms with Gasteiger partial charge in [0.25, 0.3) is 6.43 Å². The van der Waals surface area contributed by atoms with Gasteiger partial charge in [-0.25, -0.2) is 27.9 Å². The van der Waals surface area contributed by atoms with Gasteiger partial charge in [0.05, 0.1) is 11.3 Å². The topological polar surface area (TPSA) is 133 Å². The first-order valence-corrected chi connectivity index (χ1v) is 10.9. The quantitative estimate of drug-likeness (QED) is 0.306. The number of hydrogen-bond acceptors (Lipinski definition) is 8. The maximum absolute atomic E-state index is 13.6. The molecule has 3 N–H and O–H groups in total. The van der Waals surface area contributed by atoms with Crippen LogP contribution in [0.5, 0.6) is 11.8 Å². The maximum atomic E-state index is 13.6. The van der Waals surface area contributed by atoms with Crippen molar-refractivity contribution in [3.63, 3.8) is 0 Å². The molecule has 0 atom stereocenters. The van der Waals surface area contributed by atoms with Crippen LogP contribution in [0.4, 0.5) is 19.1 Å². The molecule has 1 aromatic carbocycles. The molecule has 190 valence electrons. The Morgan fingerprint density at radius 2 is 1.70 bits per heavy atom. The van der Waals surface area contributed by atoms with Crippen molar-refractivity contribution in [3.05, 3.63) is 77.5 Å². The van der Waals surface area contributed by atoms with Crippen LogP contribution in [0, 0.1) is 12.7 Å². The summed E-state index contributed by atoms with van der Waals surface area (Å²) in [5, 5.41) is 9.27. The van der Waals surface area contributed by atoms with E-state index in [1.54, 1.807) is 13.0 Å². The van der Waals surface area contributed by atoms with Gasteiger partial charge in [0.15, 0.2) is 0 Å². The lowest BCUT2D eigenvalue weighted by atomic mass is 9.99. The van der Waals surface area contributed by atoms with E-state index in [2.05, 4.69) is 19.9 Å².